The molecule has 0 amide bonds. The lowest BCUT2D eigenvalue weighted by Crippen LogP contribution is -2.55. The van der Waals surface area contributed by atoms with Crippen LogP contribution in [0.2, 0.25) is 0 Å². The zero-order valence-electron chi connectivity index (χ0n) is 10.3. The first-order valence-corrected chi connectivity index (χ1v) is 7.76. The fourth-order valence-corrected chi connectivity index (χ4v) is 4.29. The molecule has 1 rings (SSSR count). The molecule has 0 aromatic carbocycles. The van der Waals surface area contributed by atoms with Crippen LogP contribution in [0.15, 0.2) is 0 Å². The first kappa shape index (κ1) is 13.9. The first-order chi connectivity index (χ1) is 7.39. The second-order valence-corrected chi connectivity index (χ2v) is 7.09. The Balaban J connectivity index is 2.68. The minimum atomic E-state index is -3.18. The maximum Gasteiger partial charge on any atom is 0.212 e. The van der Waals surface area contributed by atoms with E-state index in [0.29, 0.717) is 6.54 Å². The van der Waals surface area contributed by atoms with Crippen LogP contribution < -0.4 is 10.5 Å². The van der Waals surface area contributed by atoms with Crippen LogP contribution >= 0.6 is 0 Å². The smallest absolute Gasteiger partial charge is 0.212 e. The van der Waals surface area contributed by atoms with Crippen LogP contribution in [0.4, 0.5) is 0 Å². The van der Waals surface area contributed by atoms with Crippen molar-refractivity contribution in [2.24, 2.45) is 11.7 Å². The number of rotatable bonds is 5. The van der Waals surface area contributed by atoms with Crippen LogP contribution in [0, 0.1) is 5.92 Å². The van der Waals surface area contributed by atoms with Gasteiger partial charge < -0.3 is 5.73 Å². The summed E-state index contributed by atoms with van der Waals surface area (Å²) in [7, 11) is -3.18. The Hall–Kier alpha value is -0.130. The Morgan fingerprint density at radius 1 is 1.25 bits per heavy atom. The standard InChI is InChI=1S/C11H24N2O2S/c1-10(2)8-16(14,15)13-11(9-12)6-4-3-5-7-11/h10,13H,3-9,12H2,1-2H3. The van der Waals surface area contributed by atoms with Crippen LogP contribution in [0.25, 0.3) is 0 Å². The summed E-state index contributed by atoms with van der Waals surface area (Å²) in [4.78, 5) is 0. The minimum absolute atomic E-state index is 0.149. The predicted molar refractivity (Wildman–Crippen MR) is 66.6 cm³/mol. The van der Waals surface area contributed by atoms with Crippen LogP contribution in [-0.4, -0.2) is 26.3 Å². The van der Waals surface area contributed by atoms with Gasteiger partial charge in [-0.3, -0.25) is 0 Å². The third kappa shape index (κ3) is 4.03. The maximum atomic E-state index is 11.9. The van der Waals surface area contributed by atoms with Gasteiger partial charge >= 0.3 is 0 Å². The van der Waals surface area contributed by atoms with E-state index in [1.807, 2.05) is 13.8 Å². The van der Waals surface area contributed by atoms with Crippen molar-refractivity contribution in [3.05, 3.63) is 0 Å². The lowest BCUT2D eigenvalue weighted by Gasteiger charge is -2.36. The van der Waals surface area contributed by atoms with E-state index >= 15 is 0 Å². The highest BCUT2D eigenvalue weighted by Crippen LogP contribution is 2.28. The van der Waals surface area contributed by atoms with Gasteiger partial charge in [-0.05, 0) is 18.8 Å². The van der Waals surface area contributed by atoms with Gasteiger partial charge in [0.15, 0.2) is 0 Å². The molecule has 0 atom stereocenters. The van der Waals surface area contributed by atoms with Crippen molar-refractivity contribution in [3.63, 3.8) is 0 Å². The highest BCUT2D eigenvalue weighted by molar-refractivity contribution is 7.89. The second-order valence-electron chi connectivity index (χ2n) is 5.32. The van der Waals surface area contributed by atoms with Gasteiger partial charge in [0.2, 0.25) is 10.0 Å². The molecule has 1 saturated carbocycles. The summed E-state index contributed by atoms with van der Waals surface area (Å²) in [6.45, 7) is 4.23. The Kier molecular flexibility index (Phi) is 4.76. The van der Waals surface area contributed by atoms with Gasteiger partial charge in [0.1, 0.15) is 0 Å². The van der Waals surface area contributed by atoms with E-state index in [1.54, 1.807) is 0 Å². The van der Waals surface area contributed by atoms with E-state index in [4.69, 9.17) is 5.73 Å². The van der Waals surface area contributed by atoms with E-state index in [2.05, 4.69) is 4.72 Å². The number of hydrogen-bond acceptors (Lipinski definition) is 3. The molecule has 0 aromatic heterocycles. The van der Waals surface area contributed by atoms with E-state index in [0.717, 1.165) is 25.7 Å². The Morgan fingerprint density at radius 2 is 1.81 bits per heavy atom. The molecule has 5 heteroatoms. The molecular formula is C11H24N2O2S. The fraction of sp³-hybridized carbons (Fsp3) is 1.00. The van der Waals surface area contributed by atoms with Gasteiger partial charge in [0, 0.05) is 12.1 Å². The van der Waals surface area contributed by atoms with Crippen molar-refractivity contribution in [3.8, 4) is 0 Å². The lowest BCUT2D eigenvalue weighted by atomic mass is 9.83. The van der Waals surface area contributed by atoms with Crippen molar-refractivity contribution in [2.45, 2.75) is 51.5 Å². The summed E-state index contributed by atoms with van der Waals surface area (Å²) in [6.07, 6.45) is 5.08. The van der Waals surface area contributed by atoms with E-state index in [-0.39, 0.29) is 17.2 Å². The van der Waals surface area contributed by atoms with Crippen molar-refractivity contribution in [2.75, 3.05) is 12.3 Å². The number of nitrogens with two attached hydrogens (primary N) is 1. The number of sulfonamides is 1. The Labute approximate surface area is 99.0 Å². The highest BCUT2D eigenvalue weighted by Gasteiger charge is 2.34. The molecule has 0 saturated heterocycles. The van der Waals surface area contributed by atoms with Crippen LogP contribution in [-0.2, 0) is 10.0 Å². The van der Waals surface area contributed by atoms with Crippen molar-refractivity contribution >= 4 is 10.0 Å². The Bertz CT molecular complexity index is 306. The summed E-state index contributed by atoms with van der Waals surface area (Å²) in [5.74, 6) is 0.338. The molecule has 1 aliphatic carbocycles. The minimum Gasteiger partial charge on any atom is -0.329 e. The third-order valence-corrected chi connectivity index (χ3v) is 4.98. The molecule has 3 N–H and O–H groups in total. The molecule has 0 bridgehead atoms. The molecule has 1 fully saturated rings. The average Bonchev–Trinajstić information content (AvgIpc) is 2.16. The third-order valence-electron chi connectivity index (χ3n) is 3.13. The normalized spacial score (nSPS) is 21.2. The molecule has 96 valence electrons. The molecule has 0 unspecified atom stereocenters. The van der Waals surface area contributed by atoms with E-state index in [1.165, 1.54) is 6.42 Å². The summed E-state index contributed by atoms with van der Waals surface area (Å²) < 4.78 is 26.7. The zero-order valence-corrected chi connectivity index (χ0v) is 11.1. The highest BCUT2D eigenvalue weighted by atomic mass is 32.2. The van der Waals surface area contributed by atoms with Crippen molar-refractivity contribution in [1.29, 1.82) is 0 Å². The summed E-state index contributed by atoms with van der Waals surface area (Å²) in [5.41, 5.74) is 5.38. The molecule has 16 heavy (non-hydrogen) atoms. The molecule has 0 radical (unpaired) electrons. The van der Waals surface area contributed by atoms with Gasteiger partial charge in [-0.25, -0.2) is 13.1 Å². The monoisotopic (exact) mass is 248 g/mol. The topological polar surface area (TPSA) is 72.2 Å². The van der Waals surface area contributed by atoms with Gasteiger partial charge in [0.25, 0.3) is 0 Å². The van der Waals surface area contributed by atoms with Crippen molar-refractivity contribution < 1.29 is 8.42 Å². The van der Waals surface area contributed by atoms with E-state index in [9.17, 15) is 8.42 Å². The Morgan fingerprint density at radius 3 is 2.25 bits per heavy atom. The number of hydrogen-bond donors (Lipinski definition) is 2. The molecule has 0 aromatic rings. The summed E-state index contributed by atoms with van der Waals surface area (Å²) in [6, 6.07) is 0. The average molecular weight is 248 g/mol. The maximum absolute atomic E-state index is 11.9. The quantitative estimate of drug-likeness (QED) is 0.768. The lowest BCUT2D eigenvalue weighted by molar-refractivity contribution is 0.276. The van der Waals surface area contributed by atoms with Gasteiger partial charge in [-0.1, -0.05) is 33.1 Å². The predicted octanol–water partition coefficient (Wildman–Crippen LogP) is 1.22. The second kappa shape index (κ2) is 5.47. The molecule has 4 nitrogen and oxygen atoms in total. The fourth-order valence-electron chi connectivity index (χ4n) is 2.39. The molecule has 0 aliphatic heterocycles. The number of nitrogens with one attached hydrogen (secondary N) is 1. The largest absolute Gasteiger partial charge is 0.329 e. The van der Waals surface area contributed by atoms with Crippen LogP contribution in [0.5, 0.6) is 0 Å². The van der Waals surface area contributed by atoms with Gasteiger partial charge in [0.05, 0.1) is 5.75 Å². The summed E-state index contributed by atoms with van der Waals surface area (Å²) in [5, 5.41) is 0. The summed E-state index contributed by atoms with van der Waals surface area (Å²) >= 11 is 0. The first-order valence-electron chi connectivity index (χ1n) is 6.11. The molecular weight excluding hydrogens is 224 g/mol. The van der Waals surface area contributed by atoms with Crippen LogP contribution in [0.3, 0.4) is 0 Å². The van der Waals surface area contributed by atoms with Crippen LogP contribution in [0.1, 0.15) is 46.0 Å². The molecule has 0 heterocycles. The van der Waals surface area contributed by atoms with Gasteiger partial charge in [-0.15, -0.1) is 0 Å². The molecule has 0 spiro atoms. The van der Waals surface area contributed by atoms with E-state index < -0.39 is 10.0 Å². The zero-order chi connectivity index (χ0) is 12.2. The van der Waals surface area contributed by atoms with Gasteiger partial charge in [-0.2, -0.15) is 0 Å². The SMILES string of the molecule is CC(C)CS(=O)(=O)NC1(CN)CCCCC1. The molecule has 1 aliphatic rings. The van der Waals surface area contributed by atoms with Crippen molar-refractivity contribution in [1.82, 2.24) is 4.72 Å².